The van der Waals surface area contributed by atoms with Gasteiger partial charge in [-0.05, 0) is 61.4 Å². The molecule has 1 fully saturated rings. The Hall–Kier alpha value is -1.32. The molecule has 0 radical (unpaired) electrons. The number of hydrogen-bond acceptors (Lipinski definition) is 3. The number of hydrogen-bond donors (Lipinski definition) is 1. The van der Waals surface area contributed by atoms with Crippen LogP contribution in [0.15, 0.2) is 30.3 Å². The summed E-state index contributed by atoms with van der Waals surface area (Å²) >= 11 is 1.89. The lowest BCUT2D eigenvalue weighted by atomic mass is 10.1. The Morgan fingerprint density at radius 1 is 1.20 bits per heavy atom. The number of fused-ring (bicyclic) bond motifs is 1. The monoisotopic (exact) mass is 285 g/mol. The molecular formula is C17H19NOS. The molecule has 104 valence electrons. The van der Waals surface area contributed by atoms with Gasteiger partial charge in [0.25, 0.3) is 0 Å². The van der Waals surface area contributed by atoms with Crippen molar-refractivity contribution in [3.05, 3.63) is 51.2 Å². The van der Waals surface area contributed by atoms with Gasteiger partial charge in [0.15, 0.2) is 0 Å². The van der Waals surface area contributed by atoms with E-state index in [0.717, 1.165) is 11.3 Å². The van der Waals surface area contributed by atoms with Crippen molar-refractivity contribution in [1.29, 1.82) is 0 Å². The van der Waals surface area contributed by atoms with Crippen molar-refractivity contribution < 1.29 is 4.74 Å². The summed E-state index contributed by atoms with van der Waals surface area (Å²) in [5, 5.41) is 0. The number of benzene rings is 1. The molecule has 0 aliphatic heterocycles. The first-order valence-corrected chi connectivity index (χ1v) is 8.25. The molecule has 0 saturated heterocycles. The van der Waals surface area contributed by atoms with Crippen LogP contribution in [0.3, 0.4) is 0 Å². The van der Waals surface area contributed by atoms with Crippen LogP contribution in [-0.2, 0) is 12.8 Å². The van der Waals surface area contributed by atoms with Crippen LogP contribution in [0.2, 0.25) is 0 Å². The Kier molecular flexibility index (Phi) is 3.04. The van der Waals surface area contributed by atoms with Crippen LogP contribution in [0, 0.1) is 0 Å². The molecule has 1 atom stereocenters. The van der Waals surface area contributed by atoms with Gasteiger partial charge in [-0.15, -0.1) is 11.3 Å². The molecule has 2 aliphatic carbocycles. The van der Waals surface area contributed by atoms with Crippen LogP contribution in [0.4, 0.5) is 0 Å². The first kappa shape index (κ1) is 12.4. The lowest BCUT2D eigenvalue weighted by Gasteiger charge is -2.12. The van der Waals surface area contributed by atoms with Gasteiger partial charge in [0.05, 0.1) is 12.1 Å². The van der Waals surface area contributed by atoms with E-state index in [4.69, 9.17) is 10.5 Å². The van der Waals surface area contributed by atoms with Crippen molar-refractivity contribution >= 4 is 11.3 Å². The summed E-state index contributed by atoms with van der Waals surface area (Å²) in [6.45, 7) is 0. The normalized spacial score (nSPS) is 18.9. The van der Waals surface area contributed by atoms with Crippen LogP contribution in [0.5, 0.6) is 5.75 Å². The van der Waals surface area contributed by atoms with E-state index in [9.17, 15) is 0 Å². The van der Waals surface area contributed by atoms with Crippen LogP contribution in [0.25, 0.3) is 0 Å². The Morgan fingerprint density at radius 2 is 2.10 bits per heavy atom. The first-order valence-electron chi connectivity index (χ1n) is 7.43. The first-order chi connectivity index (χ1) is 9.79. The maximum Gasteiger partial charge on any atom is 0.120 e. The average molecular weight is 285 g/mol. The van der Waals surface area contributed by atoms with Gasteiger partial charge in [0.2, 0.25) is 0 Å². The third-order valence-corrected chi connectivity index (χ3v) is 5.44. The van der Waals surface area contributed by atoms with E-state index in [1.165, 1.54) is 42.5 Å². The van der Waals surface area contributed by atoms with E-state index < -0.39 is 0 Å². The smallest absolute Gasteiger partial charge is 0.120 e. The molecule has 2 nitrogen and oxygen atoms in total. The maximum atomic E-state index is 6.45. The summed E-state index contributed by atoms with van der Waals surface area (Å²) in [6, 6.07) is 10.6. The van der Waals surface area contributed by atoms with Crippen molar-refractivity contribution in [2.24, 2.45) is 5.73 Å². The SMILES string of the molecule is NC(c1cccc(OC2CC2)c1)c1cc2c(s1)CCC2. The summed E-state index contributed by atoms with van der Waals surface area (Å²) < 4.78 is 5.86. The topological polar surface area (TPSA) is 35.2 Å². The van der Waals surface area contributed by atoms with Crippen LogP contribution in [-0.4, -0.2) is 6.10 Å². The molecule has 20 heavy (non-hydrogen) atoms. The van der Waals surface area contributed by atoms with Gasteiger partial charge in [-0.25, -0.2) is 0 Å². The van der Waals surface area contributed by atoms with Crippen molar-refractivity contribution in [1.82, 2.24) is 0 Å². The van der Waals surface area contributed by atoms with Gasteiger partial charge in [0, 0.05) is 9.75 Å². The average Bonchev–Trinajstić information content (AvgIpc) is 3.00. The third kappa shape index (κ3) is 2.36. The fourth-order valence-electron chi connectivity index (χ4n) is 2.83. The van der Waals surface area contributed by atoms with Crippen molar-refractivity contribution in [2.45, 2.75) is 44.2 Å². The highest BCUT2D eigenvalue weighted by molar-refractivity contribution is 7.12. The molecule has 1 saturated carbocycles. The van der Waals surface area contributed by atoms with Crippen molar-refractivity contribution in [2.75, 3.05) is 0 Å². The summed E-state index contributed by atoms with van der Waals surface area (Å²) in [6.07, 6.45) is 6.58. The van der Waals surface area contributed by atoms with E-state index in [1.54, 1.807) is 4.88 Å². The van der Waals surface area contributed by atoms with E-state index >= 15 is 0 Å². The zero-order chi connectivity index (χ0) is 13.5. The van der Waals surface area contributed by atoms with Crippen LogP contribution >= 0.6 is 11.3 Å². The number of ether oxygens (including phenoxy) is 1. The summed E-state index contributed by atoms with van der Waals surface area (Å²) in [5.41, 5.74) is 9.12. The summed E-state index contributed by atoms with van der Waals surface area (Å²) in [7, 11) is 0. The Balaban J connectivity index is 1.58. The number of aryl methyl sites for hydroxylation is 2. The predicted octanol–water partition coefficient (Wildman–Crippen LogP) is 3.83. The minimum Gasteiger partial charge on any atom is -0.490 e. The number of rotatable bonds is 4. The molecule has 0 spiro atoms. The second-order valence-corrected chi connectivity index (χ2v) is 6.99. The second-order valence-electron chi connectivity index (χ2n) is 5.82. The van der Waals surface area contributed by atoms with Crippen molar-refractivity contribution in [3.63, 3.8) is 0 Å². The molecule has 1 heterocycles. The lowest BCUT2D eigenvalue weighted by Crippen LogP contribution is -2.10. The Bertz CT molecular complexity index is 608. The predicted molar refractivity (Wildman–Crippen MR) is 82.5 cm³/mol. The molecule has 2 aromatic rings. The number of thiophene rings is 1. The molecule has 4 rings (SSSR count). The fraction of sp³-hybridized carbons (Fsp3) is 0.412. The van der Waals surface area contributed by atoms with Gasteiger partial charge in [-0.3, -0.25) is 0 Å². The van der Waals surface area contributed by atoms with Crippen LogP contribution in [0.1, 0.15) is 46.2 Å². The molecule has 3 heteroatoms. The van der Waals surface area contributed by atoms with Gasteiger partial charge < -0.3 is 10.5 Å². The molecule has 0 bridgehead atoms. The molecule has 0 amide bonds. The molecule has 2 aliphatic rings. The second kappa shape index (κ2) is 4.90. The van der Waals surface area contributed by atoms with Gasteiger partial charge >= 0.3 is 0 Å². The quantitative estimate of drug-likeness (QED) is 0.926. The van der Waals surface area contributed by atoms with E-state index in [2.05, 4.69) is 18.2 Å². The molecule has 1 aromatic heterocycles. The van der Waals surface area contributed by atoms with Gasteiger partial charge in [0.1, 0.15) is 5.75 Å². The molecule has 2 N–H and O–H groups in total. The Morgan fingerprint density at radius 3 is 2.90 bits per heavy atom. The zero-order valence-electron chi connectivity index (χ0n) is 11.5. The highest BCUT2D eigenvalue weighted by atomic mass is 32.1. The minimum atomic E-state index is -0.0200. The third-order valence-electron chi connectivity index (χ3n) is 4.12. The highest BCUT2D eigenvalue weighted by Gasteiger charge is 2.24. The van der Waals surface area contributed by atoms with Gasteiger partial charge in [-0.2, -0.15) is 0 Å². The van der Waals surface area contributed by atoms with Crippen molar-refractivity contribution in [3.8, 4) is 5.75 Å². The minimum absolute atomic E-state index is 0.0200. The number of nitrogens with two attached hydrogens (primary N) is 1. The van der Waals surface area contributed by atoms with Gasteiger partial charge in [-0.1, -0.05) is 12.1 Å². The lowest BCUT2D eigenvalue weighted by molar-refractivity contribution is 0.303. The van der Waals surface area contributed by atoms with E-state index in [-0.39, 0.29) is 6.04 Å². The molecule has 1 aromatic carbocycles. The van der Waals surface area contributed by atoms with Crippen LogP contribution < -0.4 is 10.5 Å². The van der Waals surface area contributed by atoms with E-state index in [0.29, 0.717) is 6.10 Å². The largest absolute Gasteiger partial charge is 0.490 e. The standard InChI is InChI=1S/C17H19NOS/c18-17(16-10-11-3-2-6-15(11)20-16)12-4-1-5-14(9-12)19-13-7-8-13/h1,4-5,9-10,13,17H,2-3,6-8,18H2. The molecule has 1 unspecified atom stereocenters. The maximum absolute atomic E-state index is 6.45. The Labute approximate surface area is 123 Å². The zero-order valence-corrected chi connectivity index (χ0v) is 12.3. The fourth-order valence-corrected chi connectivity index (χ4v) is 4.12. The van der Waals surface area contributed by atoms with E-state index in [1.807, 2.05) is 23.5 Å². The highest BCUT2D eigenvalue weighted by Crippen LogP contribution is 2.36. The summed E-state index contributed by atoms with van der Waals surface area (Å²) in [5.74, 6) is 0.963. The summed E-state index contributed by atoms with van der Waals surface area (Å²) in [4.78, 5) is 2.83. The molecular weight excluding hydrogens is 266 g/mol.